The first-order valence-corrected chi connectivity index (χ1v) is 6.86. The van der Waals surface area contributed by atoms with Gasteiger partial charge in [0.25, 0.3) is 0 Å². The smallest absolute Gasteiger partial charge is 0.323 e. The van der Waals surface area contributed by atoms with E-state index in [1.807, 2.05) is 25.1 Å². The van der Waals surface area contributed by atoms with Crippen molar-refractivity contribution >= 4 is 29.6 Å². The summed E-state index contributed by atoms with van der Waals surface area (Å²) in [6.45, 7) is 0.628. The predicted octanol–water partition coefficient (Wildman–Crippen LogP) is 1.83. The van der Waals surface area contributed by atoms with Crippen LogP contribution in [0.2, 0.25) is 5.02 Å². The first kappa shape index (κ1) is 17.2. The maximum absolute atomic E-state index is 12.1. The summed E-state index contributed by atoms with van der Waals surface area (Å²) in [6, 6.07) is 7.13. The van der Waals surface area contributed by atoms with E-state index in [0.29, 0.717) is 18.1 Å². The lowest BCUT2D eigenvalue weighted by Crippen LogP contribution is -2.39. The number of carbonyl (C=O) groups excluding carboxylic acids is 1. The van der Waals surface area contributed by atoms with E-state index in [4.69, 9.17) is 16.7 Å². The zero-order chi connectivity index (χ0) is 15.8. The maximum Gasteiger partial charge on any atom is 0.323 e. The highest BCUT2D eigenvalue weighted by molar-refractivity contribution is 6.32. The number of amides is 1. The molecule has 0 radical (unpaired) electrons. The van der Waals surface area contributed by atoms with E-state index >= 15 is 0 Å². The molecule has 0 unspecified atom stereocenters. The minimum Gasteiger partial charge on any atom is -0.480 e. The van der Waals surface area contributed by atoms with E-state index in [9.17, 15) is 9.59 Å². The van der Waals surface area contributed by atoms with Gasteiger partial charge in [-0.1, -0.05) is 29.8 Å². The summed E-state index contributed by atoms with van der Waals surface area (Å²) in [5.74, 6) is -1.38. The van der Waals surface area contributed by atoms with Crippen LogP contribution in [0.15, 0.2) is 30.3 Å². The molecule has 1 amide bonds. The van der Waals surface area contributed by atoms with Crippen molar-refractivity contribution in [3.8, 4) is 0 Å². The minimum absolute atomic E-state index is 0.320. The molecule has 6 heteroatoms. The molecule has 0 bridgehead atoms. The van der Waals surface area contributed by atoms with E-state index in [-0.39, 0.29) is 12.5 Å². The summed E-state index contributed by atoms with van der Waals surface area (Å²) in [6.07, 6.45) is 2.94. The van der Waals surface area contributed by atoms with Crippen LogP contribution in [0.1, 0.15) is 5.56 Å². The number of rotatable bonds is 7. The van der Waals surface area contributed by atoms with Gasteiger partial charge in [-0.25, -0.2) is 0 Å². The van der Waals surface area contributed by atoms with Gasteiger partial charge in [-0.15, -0.1) is 0 Å². The van der Waals surface area contributed by atoms with Crippen molar-refractivity contribution in [2.45, 2.75) is 0 Å². The maximum atomic E-state index is 12.1. The Morgan fingerprint density at radius 1 is 1.24 bits per heavy atom. The number of nitrogens with zero attached hydrogens (tertiary/aromatic N) is 2. The molecule has 0 saturated heterocycles. The fraction of sp³-hybridized carbons (Fsp3) is 0.333. The molecule has 0 aliphatic rings. The van der Waals surface area contributed by atoms with E-state index < -0.39 is 5.97 Å². The van der Waals surface area contributed by atoms with E-state index in [1.165, 1.54) is 11.0 Å². The number of carboxylic acid groups (broad SMARTS) is 1. The molecule has 0 atom stereocenters. The van der Waals surface area contributed by atoms with E-state index in [0.717, 1.165) is 5.56 Å². The Kier molecular flexibility index (Phi) is 6.91. The van der Waals surface area contributed by atoms with Crippen LogP contribution in [-0.2, 0) is 9.59 Å². The number of benzene rings is 1. The number of aliphatic carboxylic acids is 1. The minimum atomic E-state index is -1.03. The van der Waals surface area contributed by atoms with Gasteiger partial charge in [0.15, 0.2) is 0 Å². The predicted molar refractivity (Wildman–Crippen MR) is 83.3 cm³/mol. The highest BCUT2D eigenvalue weighted by Gasteiger charge is 2.14. The summed E-state index contributed by atoms with van der Waals surface area (Å²) in [7, 11) is 3.73. The van der Waals surface area contributed by atoms with Crippen LogP contribution in [0.5, 0.6) is 0 Å². The summed E-state index contributed by atoms with van der Waals surface area (Å²) in [5, 5.41) is 9.42. The average Bonchev–Trinajstić information content (AvgIpc) is 2.41. The number of hydrogen-bond acceptors (Lipinski definition) is 3. The van der Waals surface area contributed by atoms with Crippen molar-refractivity contribution in [3.63, 3.8) is 0 Å². The van der Waals surface area contributed by atoms with Crippen molar-refractivity contribution in [3.05, 3.63) is 40.9 Å². The summed E-state index contributed by atoms with van der Waals surface area (Å²) >= 11 is 6.00. The fourth-order valence-corrected chi connectivity index (χ4v) is 1.83. The molecule has 0 heterocycles. The molecular weight excluding hydrogens is 292 g/mol. The van der Waals surface area contributed by atoms with Crippen LogP contribution in [0, 0.1) is 0 Å². The molecule has 0 spiro atoms. The molecule has 21 heavy (non-hydrogen) atoms. The molecule has 114 valence electrons. The normalized spacial score (nSPS) is 11.0. The van der Waals surface area contributed by atoms with Gasteiger partial charge in [0.1, 0.15) is 6.54 Å². The molecule has 5 nitrogen and oxygen atoms in total. The van der Waals surface area contributed by atoms with E-state index in [1.54, 1.807) is 24.3 Å². The Morgan fingerprint density at radius 3 is 2.48 bits per heavy atom. The third-order valence-electron chi connectivity index (χ3n) is 2.77. The molecule has 0 aliphatic heterocycles. The third kappa shape index (κ3) is 6.42. The van der Waals surface area contributed by atoms with Gasteiger partial charge in [0, 0.05) is 24.2 Å². The van der Waals surface area contributed by atoms with Crippen molar-refractivity contribution < 1.29 is 14.7 Å². The summed E-state index contributed by atoms with van der Waals surface area (Å²) in [4.78, 5) is 26.1. The second kappa shape index (κ2) is 8.44. The van der Waals surface area contributed by atoms with Crippen LogP contribution in [0.3, 0.4) is 0 Å². The number of carbonyl (C=O) groups is 2. The van der Waals surface area contributed by atoms with Gasteiger partial charge in [0.05, 0.1) is 0 Å². The van der Waals surface area contributed by atoms with Gasteiger partial charge in [-0.3, -0.25) is 9.59 Å². The highest BCUT2D eigenvalue weighted by Crippen LogP contribution is 2.16. The van der Waals surface area contributed by atoms with Crippen molar-refractivity contribution in [2.24, 2.45) is 0 Å². The number of hydrogen-bond donors (Lipinski definition) is 1. The van der Waals surface area contributed by atoms with Gasteiger partial charge in [0.2, 0.25) is 5.91 Å². The molecule has 0 fully saturated rings. The van der Waals surface area contributed by atoms with Gasteiger partial charge >= 0.3 is 5.97 Å². The van der Waals surface area contributed by atoms with Crippen LogP contribution in [0.4, 0.5) is 0 Å². The molecule has 0 saturated carbocycles. The summed E-state index contributed by atoms with van der Waals surface area (Å²) in [5.41, 5.74) is 0.718. The fourth-order valence-electron chi connectivity index (χ4n) is 1.63. The SMILES string of the molecule is CN(C)CCN(CC(=O)O)C(=O)/C=C/c1ccccc1Cl. The largest absolute Gasteiger partial charge is 0.480 e. The van der Waals surface area contributed by atoms with Crippen molar-refractivity contribution in [1.82, 2.24) is 9.80 Å². The number of halogens is 1. The Bertz CT molecular complexity index is 529. The lowest BCUT2D eigenvalue weighted by Gasteiger charge is -2.21. The average molecular weight is 311 g/mol. The number of carboxylic acids is 1. The van der Waals surface area contributed by atoms with Crippen LogP contribution in [0.25, 0.3) is 6.08 Å². The standard InChI is InChI=1S/C15H19ClN2O3/c1-17(2)9-10-18(11-15(20)21)14(19)8-7-12-5-3-4-6-13(12)16/h3-8H,9-11H2,1-2H3,(H,20,21)/b8-7+. The Balaban J connectivity index is 2.75. The lowest BCUT2D eigenvalue weighted by molar-refractivity contribution is -0.142. The van der Waals surface area contributed by atoms with Gasteiger partial charge in [-0.2, -0.15) is 0 Å². The van der Waals surface area contributed by atoms with Crippen LogP contribution >= 0.6 is 11.6 Å². The topological polar surface area (TPSA) is 60.9 Å². The molecule has 1 rings (SSSR count). The number of likely N-dealkylation sites (N-methyl/N-ethyl adjacent to an activating group) is 1. The third-order valence-corrected chi connectivity index (χ3v) is 3.11. The molecule has 1 aromatic carbocycles. The molecule has 1 N–H and O–H groups in total. The van der Waals surface area contributed by atoms with Crippen LogP contribution in [-0.4, -0.2) is 60.5 Å². The van der Waals surface area contributed by atoms with Gasteiger partial charge in [-0.05, 0) is 31.8 Å². The zero-order valence-corrected chi connectivity index (χ0v) is 12.9. The zero-order valence-electron chi connectivity index (χ0n) is 12.1. The summed E-state index contributed by atoms with van der Waals surface area (Å²) < 4.78 is 0. The molecule has 0 aromatic heterocycles. The quantitative estimate of drug-likeness (QED) is 0.781. The Labute approximate surface area is 129 Å². The first-order valence-electron chi connectivity index (χ1n) is 6.48. The van der Waals surface area contributed by atoms with Crippen molar-refractivity contribution in [1.29, 1.82) is 0 Å². The highest BCUT2D eigenvalue weighted by atomic mass is 35.5. The van der Waals surface area contributed by atoms with Crippen molar-refractivity contribution in [2.75, 3.05) is 33.7 Å². The second-order valence-corrected chi connectivity index (χ2v) is 5.22. The monoisotopic (exact) mass is 310 g/mol. The molecule has 1 aromatic rings. The van der Waals surface area contributed by atoms with Crippen LogP contribution < -0.4 is 0 Å². The molecule has 0 aliphatic carbocycles. The Morgan fingerprint density at radius 2 is 1.90 bits per heavy atom. The lowest BCUT2D eigenvalue weighted by atomic mass is 10.2. The first-order chi connectivity index (χ1) is 9.90. The second-order valence-electron chi connectivity index (χ2n) is 4.81. The van der Waals surface area contributed by atoms with E-state index in [2.05, 4.69) is 0 Å². The van der Waals surface area contributed by atoms with Gasteiger partial charge < -0.3 is 14.9 Å². The Hall–Kier alpha value is -1.85. The molecular formula is C15H19ClN2O3.